The van der Waals surface area contributed by atoms with Crippen molar-refractivity contribution < 1.29 is 0 Å². The lowest BCUT2D eigenvalue weighted by molar-refractivity contribution is 0.411. The third kappa shape index (κ3) is 11.6. The fourth-order valence-corrected chi connectivity index (χ4v) is 2.96. The quantitative estimate of drug-likeness (QED) is 0.226. The van der Waals surface area contributed by atoms with E-state index in [1.807, 2.05) is 0 Å². The van der Waals surface area contributed by atoms with Gasteiger partial charge in [0.25, 0.3) is 0 Å². The molecule has 0 saturated carbocycles. The monoisotopic (exact) mass is 280 g/mol. The summed E-state index contributed by atoms with van der Waals surface area (Å²) in [5, 5.41) is 0. The molecule has 0 saturated heterocycles. The normalized spacial score (nSPS) is 13.7. The topological polar surface area (TPSA) is 0 Å². The maximum atomic E-state index is 2.55. The highest BCUT2D eigenvalue weighted by molar-refractivity contribution is 5.00. The average molecular weight is 281 g/mol. The van der Waals surface area contributed by atoms with Gasteiger partial charge in [0, 0.05) is 0 Å². The number of unbranched alkanes of at least 4 members (excludes halogenated alkanes) is 5. The molecule has 0 radical (unpaired) electrons. The van der Waals surface area contributed by atoms with Gasteiger partial charge < -0.3 is 0 Å². The summed E-state index contributed by atoms with van der Waals surface area (Å²) < 4.78 is 0. The molecular formula is C20H40. The van der Waals surface area contributed by atoms with Gasteiger partial charge in [-0.2, -0.15) is 0 Å². The van der Waals surface area contributed by atoms with Crippen LogP contribution < -0.4 is 0 Å². The van der Waals surface area contributed by atoms with Crippen molar-refractivity contribution in [2.45, 2.75) is 111 Å². The Bertz CT molecular complexity index is 214. The molecule has 0 rings (SSSR count). The van der Waals surface area contributed by atoms with E-state index in [-0.39, 0.29) is 0 Å². The van der Waals surface area contributed by atoms with Crippen LogP contribution in [0.5, 0.6) is 0 Å². The highest BCUT2D eigenvalue weighted by atomic mass is 14.1. The van der Waals surface area contributed by atoms with E-state index < -0.39 is 0 Å². The van der Waals surface area contributed by atoms with Gasteiger partial charge in [0.15, 0.2) is 0 Å². The first kappa shape index (κ1) is 19.7. The molecule has 20 heavy (non-hydrogen) atoms. The molecule has 0 spiro atoms. The third-order valence-corrected chi connectivity index (χ3v) is 4.60. The summed E-state index contributed by atoms with van der Waals surface area (Å²) in [6.45, 7) is 9.28. The molecule has 0 heteroatoms. The molecule has 0 aliphatic heterocycles. The van der Waals surface area contributed by atoms with Crippen LogP contribution >= 0.6 is 0 Å². The second-order valence-corrected chi connectivity index (χ2v) is 6.37. The molecule has 0 heterocycles. The zero-order valence-electron chi connectivity index (χ0n) is 14.8. The SMILES string of the molecule is CCCCCCC(=CCCCC(CC)CCCC)CC. The van der Waals surface area contributed by atoms with Gasteiger partial charge in [0.2, 0.25) is 0 Å². The van der Waals surface area contributed by atoms with Crippen molar-refractivity contribution in [3.8, 4) is 0 Å². The molecule has 0 amide bonds. The number of allylic oxidation sites excluding steroid dienone is 2. The molecule has 0 nitrogen and oxygen atoms in total. The molecule has 0 aromatic heterocycles. The molecule has 0 fully saturated rings. The largest absolute Gasteiger partial charge is 0.0853 e. The van der Waals surface area contributed by atoms with E-state index in [1.54, 1.807) is 5.57 Å². The molecule has 0 N–H and O–H groups in total. The number of rotatable bonds is 14. The molecule has 0 aliphatic rings. The predicted octanol–water partition coefficient (Wildman–Crippen LogP) is 7.68. The van der Waals surface area contributed by atoms with Crippen LogP contribution in [0, 0.1) is 5.92 Å². The number of hydrogen-bond acceptors (Lipinski definition) is 0. The average Bonchev–Trinajstić information content (AvgIpc) is 2.48. The van der Waals surface area contributed by atoms with Crippen molar-refractivity contribution in [1.82, 2.24) is 0 Å². The lowest BCUT2D eigenvalue weighted by Crippen LogP contribution is -1.98. The zero-order chi connectivity index (χ0) is 15.1. The minimum absolute atomic E-state index is 0.984. The summed E-state index contributed by atoms with van der Waals surface area (Å²) >= 11 is 0. The van der Waals surface area contributed by atoms with Crippen molar-refractivity contribution in [2.24, 2.45) is 5.92 Å². The Hall–Kier alpha value is -0.260. The number of hydrogen-bond donors (Lipinski definition) is 0. The summed E-state index contributed by atoms with van der Waals surface area (Å²) in [7, 11) is 0. The minimum atomic E-state index is 0.984. The molecule has 1 atom stereocenters. The predicted molar refractivity (Wildman–Crippen MR) is 94.3 cm³/mol. The van der Waals surface area contributed by atoms with Crippen LogP contribution in [0.25, 0.3) is 0 Å². The van der Waals surface area contributed by atoms with E-state index in [4.69, 9.17) is 0 Å². The van der Waals surface area contributed by atoms with Crippen LogP contribution in [0.3, 0.4) is 0 Å². The summed E-state index contributed by atoms with van der Waals surface area (Å²) in [4.78, 5) is 0. The van der Waals surface area contributed by atoms with Crippen molar-refractivity contribution in [1.29, 1.82) is 0 Å². The Morgan fingerprint density at radius 2 is 1.50 bits per heavy atom. The maximum Gasteiger partial charge on any atom is -0.0320 e. The van der Waals surface area contributed by atoms with Crippen LogP contribution in [-0.4, -0.2) is 0 Å². The van der Waals surface area contributed by atoms with Crippen LogP contribution in [0.4, 0.5) is 0 Å². The van der Waals surface area contributed by atoms with Gasteiger partial charge in [-0.3, -0.25) is 0 Å². The van der Waals surface area contributed by atoms with Crippen LogP contribution in [0.1, 0.15) is 111 Å². The van der Waals surface area contributed by atoms with Crippen LogP contribution in [0.2, 0.25) is 0 Å². The van der Waals surface area contributed by atoms with E-state index in [1.165, 1.54) is 83.5 Å². The van der Waals surface area contributed by atoms with Crippen molar-refractivity contribution in [2.75, 3.05) is 0 Å². The second-order valence-electron chi connectivity index (χ2n) is 6.37. The molecule has 0 aliphatic carbocycles. The highest BCUT2D eigenvalue weighted by Gasteiger charge is 2.04. The Balaban J connectivity index is 3.76. The molecular weight excluding hydrogens is 240 g/mol. The van der Waals surface area contributed by atoms with Gasteiger partial charge >= 0.3 is 0 Å². The second kappa shape index (κ2) is 15.1. The summed E-state index contributed by atoms with van der Waals surface area (Å²) in [5.74, 6) is 0.984. The molecule has 1 unspecified atom stereocenters. The van der Waals surface area contributed by atoms with E-state index in [2.05, 4.69) is 33.8 Å². The smallest absolute Gasteiger partial charge is 0.0320 e. The molecule has 0 aromatic carbocycles. The molecule has 120 valence electrons. The van der Waals surface area contributed by atoms with Gasteiger partial charge in [-0.1, -0.05) is 90.7 Å². The van der Waals surface area contributed by atoms with Gasteiger partial charge in [-0.25, -0.2) is 0 Å². The van der Waals surface area contributed by atoms with E-state index in [0.29, 0.717) is 0 Å². The lowest BCUT2D eigenvalue weighted by Gasteiger charge is -2.13. The first-order chi connectivity index (χ1) is 9.78. The molecule has 0 bridgehead atoms. The van der Waals surface area contributed by atoms with Crippen molar-refractivity contribution in [3.63, 3.8) is 0 Å². The summed E-state index contributed by atoms with van der Waals surface area (Å²) in [6.07, 6.45) is 20.5. The first-order valence-corrected chi connectivity index (χ1v) is 9.46. The Morgan fingerprint density at radius 3 is 2.10 bits per heavy atom. The van der Waals surface area contributed by atoms with E-state index >= 15 is 0 Å². The molecule has 0 aromatic rings. The first-order valence-electron chi connectivity index (χ1n) is 9.46. The van der Waals surface area contributed by atoms with Gasteiger partial charge in [-0.15, -0.1) is 0 Å². The summed E-state index contributed by atoms with van der Waals surface area (Å²) in [6, 6.07) is 0. The Kier molecular flexibility index (Phi) is 14.9. The van der Waals surface area contributed by atoms with Crippen LogP contribution in [0.15, 0.2) is 11.6 Å². The third-order valence-electron chi connectivity index (χ3n) is 4.60. The lowest BCUT2D eigenvalue weighted by atomic mass is 9.93. The minimum Gasteiger partial charge on any atom is -0.0853 e. The fraction of sp³-hybridized carbons (Fsp3) is 0.900. The van der Waals surface area contributed by atoms with Gasteiger partial charge in [0.1, 0.15) is 0 Å². The van der Waals surface area contributed by atoms with Gasteiger partial charge in [0.05, 0.1) is 0 Å². The van der Waals surface area contributed by atoms with Crippen molar-refractivity contribution >= 4 is 0 Å². The van der Waals surface area contributed by atoms with Gasteiger partial charge in [-0.05, 0) is 38.0 Å². The summed E-state index contributed by atoms with van der Waals surface area (Å²) in [5.41, 5.74) is 1.71. The Labute approximate surface area is 129 Å². The Morgan fingerprint density at radius 1 is 0.800 bits per heavy atom. The van der Waals surface area contributed by atoms with E-state index in [9.17, 15) is 0 Å². The van der Waals surface area contributed by atoms with Crippen molar-refractivity contribution in [3.05, 3.63) is 11.6 Å². The van der Waals surface area contributed by atoms with E-state index in [0.717, 1.165) is 5.92 Å². The van der Waals surface area contributed by atoms with Crippen LogP contribution in [-0.2, 0) is 0 Å². The highest BCUT2D eigenvalue weighted by Crippen LogP contribution is 2.20. The fourth-order valence-electron chi connectivity index (χ4n) is 2.96. The maximum absolute atomic E-state index is 2.55. The zero-order valence-corrected chi connectivity index (χ0v) is 14.8. The standard InChI is InChI=1S/C20H40/c1-5-9-11-12-16-20(8-4)18-14-13-17-19(7-3)15-10-6-2/h18-19H,5-17H2,1-4H3.